The van der Waals surface area contributed by atoms with Gasteiger partial charge in [0.05, 0.1) is 62.0 Å². The van der Waals surface area contributed by atoms with Crippen LogP contribution in [-0.2, 0) is 4.74 Å². The van der Waals surface area contributed by atoms with Crippen molar-refractivity contribution < 1.29 is 43.2 Å². The Morgan fingerprint density at radius 3 is 2.19 bits per heavy atom. The number of carbonyl (C=O) groups excluding carboxylic acids is 3. The zero-order chi connectivity index (χ0) is 38.5. The van der Waals surface area contributed by atoms with Crippen LogP contribution in [0.25, 0.3) is 0 Å². The molecule has 0 radical (unpaired) electrons. The molecular weight excluding hydrogens is 733 g/mol. The van der Waals surface area contributed by atoms with Crippen LogP contribution in [0, 0.1) is 0 Å². The molecule has 0 spiro atoms. The van der Waals surface area contributed by atoms with Crippen molar-refractivity contribution in [1.29, 1.82) is 0 Å². The second-order valence-electron chi connectivity index (χ2n) is 13.9. The maximum atomic E-state index is 13.8. The molecule has 2 fully saturated rings. The third kappa shape index (κ3) is 8.47. The number of carbonyl (C=O) groups is 3. The van der Waals surface area contributed by atoms with Crippen LogP contribution in [0.2, 0.25) is 0 Å². The van der Waals surface area contributed by atoms with E-state index >= 15 is 0 Å². The van der Waals surface area contributed by atoms with Gasteiger partial charge in [-0.1, -0.05) is 59.7 Å². The number of benzene rings is 2. The van der Waals surface area contributed by atoms with Crippen molar-refractivity contribution in [1.82, 2.24) is 9.80 Å². The van der Waals surface area contributed by atoms with Crippen molar-refractivity contribution in [3.63, 3.8) is 0 Å². The quantitative estimate of drug-likeness (QED) is 0.118. The third-order valence-electron chi connectivity index (χ3n) is 9.54. The van der Waals surface area contributed by atoms with E-state index in [2.05, 4.69) is 32.0 Å². The number of hydrogen-bond donors (Lipinski definition) is 1. The molecule has 4 heterocycles. The molecule has 6 rings (SSSR count). The molecule has 2 aromatic rings. The van der Waals surface area contributed by atoms with Crippen LogP contribution in [0.5, 0.6) is 23.0 Å². The van der Waals surface area contributed by atoms with Crippen molar-refractivity contribution in [2.24, 2.45) is 4.99 Å². The Kier molecular flexibility index (Phi) is 12.7. The van der Waals surface area contributed by atoms with Crippen LogP contribution in [0.3, 0.4) is 0 Å². The zero-order valence-corrected chi connectivity index (χ0v) is 32.8. The topological polar surface area (TPSA) is 140 Å². The minimum Gasteiger partial charge on any atom is -0.493 e. The molecule has 4 aliphatic rings. The average Bonchev–Trinajstić information content (AvgIpc) is 3.69. The van der Waals surface area contributed by atoms with E-state index < -0.39 is 18.4 Å². The zero-order valence-electron chi connectivity index (χ0n) is 31.2. The number of anilines is 1. The van der Waals surface area contributed by atoms with Gasteiger partial charge >= 0.3 is 6.09 Å². The number of unbranched alkanes of at least 4 members (excludes halogenated alkanes) is 2. The number of aliphatic hydroxyl groups excluding tert-OH is 1. The first kappa shape index (κ1) is 39.4. The minimum atomic E-state index is -1.36. The SMILES string of the molecule is C=C1CC2C(O)N(C(=O)OCCSSC(C)C)c3cc(OCCCCCOc4cc5c(cc4OC)C(=O)N4CC(=C)C[C@H]4C=N5)c(OC)cc3C(=O)N2C1. The summed E-state index contributed by atoms with van der Waals surface area (Å²) in [7, 11) is 6.32. The lowest BCUT2D eigenvalue weighted by molar-refractivity contribution is 0.0493. The molecule has 2 aromatic carbocycles. The molecule has 3 amide bonds. The van der Waals surface area contributed by atoms with Crippen LogP contribution in [0.15, 0.2) is 53.6 Å². The lowest BCUT2D eigenvalue weighted by atomic mass is 10.1. The molecule has 1 N–H and O–H groups in total. The number of fused-ring (bicyclic) bond motifs is 4. The fourth-order valence-electron chi connectivity index (χ4n) is 6.95. The Hall–Kier alpha value is -4.34. The van der Waals surface area contributed by atoms with Crippen molar-refractivity contribution in [2.45, 2.75) is 69.5 Å². The minimum absolute atomic E-state index is 0.100. The number of rotatable bonds is 15. The summed E-state index contributed by atoms with van der Waals surface area (Å²) >= 11 is 0. The highest BCUT2D eigenvalue weighted by molar-refractivity contribution is 8.76. The smallest absolute Gasteiger partial charge is 0.416 e. The summed E-state index contributed by atoms with van der Waals surface area (Å²) in [4.78, 5) is 49.7. The first-order valence-corrected chi connectivity index (χ1v) is 20.5. The van der Waals surface area contributed by atoms with Crippen molar-refractivity contribution in [2.75, 3.05) is 57.8 Å². The summed E-state index contributed by atoms with van der Waals surface area (Å²) < 4.78 is 29.1. The Morgan fingerprint density at radius 2 is 1.50 bits per heavy atom. The van der Waals surface area contributed by atoms with Crippen LogP contribution in [0.4, 0.5) is 16.2 Å². The van der Waals surface area contributed by atoms with Crippen LogP contribution >= 0.6 is 21.6 Å². The molecule has 3 atom stereocenters. The Bertz CT molecular complexity index is 1820. The van der Waals surface area contributed by atoms with Gasteiger partial charge in [0.25, 0.3) is 11.8 Å². The molecule has 4 aliphatic heterocycles. The Balaban J connectivity index is 1.08. The van der Waals surface area contributed by atoms with Gasteiger partial charge in [0, 0.05) is 42.4 Å². The highest BCUT2D eigenvalue weighted by Crippen LogP contribution is 2.42. The summed E-state index contributed by atoms with van der Waals surface area (Å²) in [5, 5.41) is 12.0. The third-order valence-corrected chi connectivity index (χ3v) is 12.5. The molecule has 2 unspecified atom stereocenters. The van der Waals surface area contributed by atoms with Crippen molar-refractivity contribution in [3.8, 4) is 23.0 Å². The van der Waals surface area contributed by atoms with Gasteiger partial charge in [0.2, 0.25) is 0 Å². The Labute approximate surface area is 324 Å². The fourth-order valence-corrected chi connectivity index (χ4v) is 8.78. The average molecular weight is 781 g/mol. The molecule has 0 aliphatic carbocycles. The van der Waals surface area contributed by atoms with E-state index in [1.807, 2.05) is 0 Å². The lowest BCUT2D eigenvalue weighted by Gasteiger charge is -2.31. The predicted octanol–water partition coefficient (Wildman–Crippen LogP) is 6.65. The largest absolute Gasteiger partial charge is 0.493 e. The summed E-state index contributed by atoms with van der Waals surface area (Å²) in [6.07, 6.45) is 2.90. The van der Waals surface area contributed by atoms with Gasteiger partial charge in [-0.3, -0.25) is 14.6 Å². The lowest BCUT2D eigenvalue weighted by Crippen LogP contribution is -2.51. The summed E-state index contributed by atoms with van der Waals surface area (Å²) in [5.74, 6) is 1.76. The van der Waals surface area contributed by atoms with Gasteiger partial charge in [0.15, 0.2) is 29.2 Å². The molecule has 54 heavy (non-hydrogen) atoms. The maximum Gasteiger partial charge on any atom is 0.416 e. The van der Waals surface area contributed by atoms with Crippen molar-refractivity contribution >= 4 is 57.1 Å². The van der Waals surface area contributed by atoms with Gasteiger partial charge in [-0.2, -0.15) is 0 Å². The van der Waals surface area contributed by atoms with Crippen LogP contribution in [-0.4, -0.2) is 115 Å². The number of aliphatic hydroxyl groups is 1. The molecule has 0 saturated carbocycles. The van der Waals surface area contributed by atoms with Gasteiger partial charge < -0.3 is 38.6 Å². The first-order valence-electron chi connectivity index (χ1n) is 18.1. The number of hydrogen-bond acceptors (Lipinski definition) is 12. The number of nitrogens with zero attached hydrogens (tertiary/aromatic N) is 4. The summed E-state index contributed by atoms with van der Waals surface area (Å²) in [5.41, 5.74) is 3.21. The first-order chi connectivity index (χ1) is 26.0. The van der Waals surface area contributed by atoms with Crippen LogP contribution in [0.1, 0.15) is 66.7 Å². The second-order valence-corrected chi connectivity index (χ2v) is 16.9. The summed E-state index contributed by atoms with van der Waals surface area (Å²) in [6.45, 7) is 13.9. The standard InChI is InChI=1S/C39H48N4O9S2/c1-23(2)54-53-13-12-52-39(47)43-30-19-35(33(49-6)17-28(30)37(45)42-22-25(4)15-31(42)38(43)46)51-11-9-7-8-10-50-34-18-29-27(16-32(34)48-5)36(44)41-21-24(3)14-26(41)20-40-29/h16-20,23,26,31,38,46H,3-4,7-15,21-22H2,1-2,5-6H3/t26-,31?,38?/m0/s1. The molecule has 2 saturated heterocycles. The maximum absolute atomic E-state index is 13.8. The van der Waals surface area contributed by atoms with Crippen molar-refractivity contribution in [3.05, 3.63) is 59.7 Å². The highest BCUT2D eigenvalue weighted by Gasteiger charge is 2.46. The van der Waals surface area contributed by atoms with Gasteiger partial charge in [-0.25, -0.2) is 9.69 Å². The second kappa shape index (κ2) is 17.4. The van der Waals surface area contributed by atoms with E-state index in [1.54, 1.807) is 69.0 Å². The molecular formula is C39H48N4O9S2. The normalized spacial score (nSPS) is 20.3. The molecule has 0 bridgehead atoms. The Morgan fingerprint density at radius 1 is 0.870 bits per heavy atom. The fraction of sp³-hybridized carbons (Fsp3) is 0.487. The van der Waals surface area contributed by atoms with Gasteiger partial charge in [0.1, 0.15) is 6.61 Å². The number of amides is 3. The van der Waals surface area contributed by atoms with Crippen LogP contribution < -0.4 is 23.8 Å². The molecule has 13 nitrogen and oxygen atoms in total. The number of methoxy groups -OCH3 is 2. The molecule has 15 heteroatoms. The molecule has 0 aromatic heterocycles. The number of ether oxygens (including phenoxy) is 5. The van der Waals surface area contributed by atoms with E-state index in [4.69, 9.17) is 23.7 Å². The number of aliphatic imine (C=N–C) groups is 1. The van der Waals surface area contributed by atoms with E-state index in [0.717, 1.165) is 22.5 Å². The predicted molar refractivity (Wildman–Crippen MR) is 211 cm³/mol. The summed E-state index contributed by atoms with van der Waals surface area (Å²) in [6, 6.07) is 5.79. The van der Waals surface area contributed by atoms with Gasteiger partial charge in [-0.15, -0.1) is 0 Å². The molecule has 290 valence electrons. The van der Waals surface area contributed by atoms with E-state index in [-0.39, 0.29) is 42.3 Å². The highest BCUT2D eigenvalue weighted by atomic mass is 33.1. The monoisotopic (exact) mass is 780 g/mol. The van der Waals surface area contributed by atoms with E-state index in [0.29, 0.717) is 90.7 Å². The van der Waals surface area contributed by atoms with Gasteiger partial charge in [-0.05, 0) is 44.2 Å². The van der Waals surface area contributed by atoms with E-state index in [1.165, 1.54) is 7.11 Å². The van der Waals surface area contributed by atoms with E-state index in [9.17, 15) is 19.5 Å².